The van der Waals surface area contributed by atoms with Crippen molar-refractivity contribution in [2.45, 2.75) is 20.4 Å². The molecule has 0 unspecified atom stereocenters. The maximum absolute atomic E-state index is 5.65. The summed E-state index contributed by atoms with van der Waals surface area (Å²) in [5.74, 6) is 0.667. The molecule has 1 aromatic rings. The molecule has 0 aliphatic rings. The Labute approximate surface area is 90.1 Å². The number of nitrogens with zero attached hydrogens (tertiary/aromatic N) is 3. The summed E-state index contributed by atoms with van der Waals surface area (Å²) in [4.78, 5) is 2.22. The van der Waals surface area contributed by atoms with Crippen molar-refractivity contribution in [1.82, 2.24) is 15.1 Å². The van der Waals surface area contributed by atoms with E-state index in [4.69, 9.17) is 11.6 Å². The summed E-state index contributed by atoms with van der Waals surface area (Å²) in [5, 5.41) is 8.25. The van der Waals surface area contributed by atoms with Gasteiger partial charge in [0.15, 0.2) is 5.15 Å². The van der Waals surface area contributed by atoms with Crippen LogP contribution in [0.1, 0.15) is 19.5 Å². The Bertz CT molecular complexity index is 271. The summed E-state index contributed by atoms with van der Waals surface area (Å²) in [7, 11) is 2.08. The first-order valence-corrected chi connectivity index (χ1v) is 5.12. The van der Waals surface area contributed by atoms with Crippen LogP contribution in [-0.2, 0) is 6.54 Å². The molecule has 14 heavy (non-hydrogen) atoms. The van der Waals surface area contributed by atoms with E-state index >= 15 is 0 Å². The average Bonchev–Trinajstić information content (AvgIpc) is 2.07. The predicted molar refractivity (Wildman–Crippen MR) is 58.2 cm³/mol. The summed E-state index contributed by atoms with van der Waals surface area (Å²) < 4.78 is 0. The van der Waals surface area contributed by atoms with Crippen molar-refractivity contribution in [3.63, 3.8) is 0 Å². The molecule has 0 saturated carbocycles. The quantitative estimate of drug-likeness (QED) is 0.768. The van der Waals surface area contributed by atoms with Gasteiger partial charge >= 0.3 is 0 Å². The lowest BCUT2D eigenvalue weighted by molar-refractivity contribution is 0.284. The Hall–Kier alpha value is -0.670. The van der Waals surface area contributed by atoms with Crippen LogP contribution >= 0.6 is 11.6 Å². The largest absolute Gasteiger partial charge is 0.300 e. The summed E-state index contributed by atoms with van der Waals surface area (Å²) in [6.07, 6.45) is 0. The van der Waals surface area contributed by atoms with Crippen LogP contribution < -0.4 is 0 Å². The van der Waals surface area contributed by atoms with Gasteiger partial charge in [0.05, 0.1) is 5.69 Å². The van der Waals surface area contributed by atoms with Crippen LogP contribution in [0.2, 0.25) is 5.15 Å². The van der Waals surface area contributed by atoms with Crippen molar-refractivity contribution >= 4 is 11.6 Å². The topological polar surface area (TPSA) is 29.0 Å². The van der Waals surface area contributed by atoms with Gasteiger partial charge in [0.1, 0.15) is 0 Å². The fourth-order valence-electron chi connectivity index (χ4n) is 1.39. The van der Waals surface area contributed by atoms with Crippen molar-refractivity contribution in [3.05, 3.63) is 23.0 Å². The van der Waals surface area contributed by atoms with E-state index in [0.29, 0.717) is 11.1 Å². The van der Waals surface area contributed by atoms with Crippen LogP contribution in [0.25, 0.3) is 0 Å². The van der Waals surface area contributed by atoms with E-state index in [1.807, 2.05) is 6.07 Å². The van der Waals surface area contributed by atoms with Gasteiger partial charge in [0.2, 0.25) is 0 Å². The molecule has 4 heteroatoms. The van der Waals surface area contributed by atoms with E-state index in [-0.39, 0.29) is 0 Å². The van der Waals surface area contributed by atoms with Gasteiger partial charge in [-0.1, -0.05) is 25.4 Å². The van der Waals surface area contributed by atoms with Crippen LogP contribution in [-0.4, -0.2) is 28.7 Å². The molecule has 0 aliphatic carbocycles. The zero-order valence-electron chi connectivity index (χ0n) is 8.87. The molecule has 3 nitrogen and oxygen atoms in total. The van der Waals surface area contributed by atoms with Gasteiger partial charge in [-0.2, -0.15) is 5.10 Å². The molecule has 1 heterocycles. The fourth-order valence-corrected chi connectivity index (χ4v) is 1.49. The minimum atomic E-state index is 0.445. The number of halogens is 1. The highest BCUT2D eigenvalue weighted by atomic mass is 35.5. The molecule has 0 radical (unpaired) electrons. The van der Waals surface area contributed by atoms with Gasteiger partial charge in [0, 0.05) is 13.1 Å². The van der Waals surface area contributed by atoms with Gasteiger partial charge in [-0.25, -0.2) is 0 Å². The molecule has 1 aromatic heterocycles. The van der Waals surface area contributed by atoms with E-state index in [2.05, 4.69) is 36.0 Å². The van der Waals surface area contributed by atoms with Gasteiger partial charge in [-0.05, 0) is 25.1 Å². The van der Waals surface area contributed by atoms with Gasteiger partial charge in [-0.15, -0.1) is 5.10 Å². The van der Waals surface area contributed by atoms with Crippen LogP contribution in [0, 0.1) is 5.92 Å². The van der Waals surface area contributed by atoms with Crippen molar-refractivity contribution in [2.24, 2.45) is 5.92 Å². The predicted octanol–water partition coefficient (Wildman–Crippen LogP) is 2.22. The molecule has 0 amide bonds. The number of rotatable bonds is 4. The lowest BCUT2D eigenvalue weighted by Crippen LogP contribution is -2.23. The molecule has 0 bridgehead atoms. The third-order valence-corrected chi connectivity index (χ3v) is 2.00. The maximum atomic E-state index is 5.65. The van der Waals surface area contributed by atoms with E-state index < -0.39 is 0 Å². The average molecular weight is 214 g/mol. The molecule has 0 N–H and O–H groups in total. The molecule has 0 fully saturated rings. The van der Waals surface area contributed by atoms with Crippen LogP contribution in [0.4, 0.5) is 0 Å². The second-order valence-corrected chi connectivity index (χ2v) is 4.33. The summed E-state index contributed by atoms with van der Waals surface area (Å²) >= 11 is 5.65. The minimum absolute atomic E-state index is 0.445. The second-order valence-electron chi connectivity index (χ2n) is 3.94. The smallest absolute Gasteiger partial charge is 0.151 e. The first-order valence-electron chi connectivity index (χ1n) is 4.74. The number of aromatic nitrogens is 2. The third kappa shape index (κ3) is 4.03. The molecule has 0 aliphatic heterocycles. The summed E-state index contributed by atoms with van der Waals surface area (Å²) in [6.45, 7) is 6.28. The Balaban J connectivity index is 2.47. The Morgan fingerprint density at radius 1 is 1.36 bits per heavy atom. The molecule has 0 spiro atoms. The highest BCUT2D eigenvalue weighted by Gasteiger charge is 2.04. The van der Waals surface area contributed by atoms with E-state index in [1.54, 1.807) is 6.07 Å². The summed E-state index contributed by atoms with van der Waals surface area (Å²) in [6, 6.07) is 3.68. The highest BCUT2D eigenvalue weighted by Crippen LogP contribution is 2.05. The van der Waals surface area contributed by atoms with E-state index in [1.165, 1.54) is 0 Å². The van der Waals surface area contributed by atoms with E-state index in [0.717, 1.165) is 18.8 Å². The molecule has 0 atom stereocenters. The summed E-state index contributed by atoms with van der Waals surface area (Å²) in [5.41, 5.74) is 0.956. The minimum Gasteiger partial charge on any atom is -0.300 e. The van der Waals surface area contributed by atoms with Gasteiger partial charge < -0.3 is 4.90 Å². The van der Waals surface area contributed by atoms with Crippen molar-refractivity contribution in [1.29, 1.82) is 0 Å². The Morgan fingerprint density at radius 3 is 2.57 bits per heavy atom. The monoisotopic (exact) mass is 213 g/mol. The van der Waals surface area contributed by atoms with Gasteiger partial charge in [-0.3, -0.25) is 0 Å². The Morgan fingerprint density at radius 2 is 2.07 bits per heavy atom. The van der Waals surface area contributed by atoms with E-state index in [9.17, 15) is 0 Å². The number of hydrogen-bond donors (Lipinski definition) is 0. The van der Waals surface area contributed by atoms with Crippen LogP contribution in [0.3, 0.4) is 0 Å². The van der Waals surface area contributed by atoms with Crippen LogP contribution in [0.5, 0.6) is 0 Å². The zero-order valence-corrected chi connectivity index (χ0v) is 9.62. The lowest BCUT2D eigenvalue weighted by atomic mass is 10.2. The van der Waals surface area contributed by atoms with Crippen LogP contribution in [0.15, 0.2) is 12.1 Å². The van der Waals surface area contributed by atoms with Crippen molar-refractivity contribution in [3.8, 4) is 0 Å². The molecular weight excluding hydrogens is 198 g/mol. The third-order valence-electron chi connectivity index (χ3n) is 1.80. The highest BCUT2D eigenvalue weighted by molar-refractivity contribution is 6.29. The Kier molecular flexibility index (Phi) is 4.29. The molecule has 0 aromatic carbocycles. The first-order chi connectivity index (χ1) is 6.58. The first kappa shape index (κ1) is 11.4. The van der Waals surface area contributed by atoms with Crippen molar-refractivity contribution in [2.75, 3.05) is 13.6 Å². The zero-order chi connectivity index (χ0) is 10.6. The number of hydrogen-bond acceptors (Lipinski definition) is 3. The second kappa shape index (κ2) is 5.27. The fraction of sp³-hybridized carbons (Fsp3) is 0.600. The molecular formula is C10H16ClN3. The SMILES string of the molecule is CC(C)CN(C)Cc1ccc(Cl)nn1. The molecule has 78 valence electrons. The van der Waals surface area contributed by atoms with Crippen molar-refractivity contribution < 1.29 is 0 Å². The normalized spacial score (nSPS) is 11.3. The molecule has 1 rings (SSSR count). The maximum Gasteiger partial charge on any atom is 0.151 e. The lowest BCUT2D eigenvalue weighted by Gasteiger charge is -2.17. The van der Waals surface area contributed by atoms with Gasteiger partial charge in [0.25, 0.3) is 0 Å². The standard InChI is InChI=1S/C10H16ClN3/c1-8(2)6-14(3)7-9-4-5-10(11)13-12-9/h4-5,8H,6-7H2,1-3H3. The molecule has 0 saturated heterocycles.